The number of carbonyl (C=O) groups is 4. The molecule has 410 valence electrons. The van der Waals surface area contributed by atoms with Crippen LogP contribution in [0.3, 0.4) is 0 Å². The number of carbonyl (C=O) groups excluding carboxylic acids is 4. The summed E-state index contributed by atoms with van der Waals surface area (Å²) >= 11 is 0. The molecule has 0 unspecified atom stereocenters. The van der Waals surface area contributed by atoms with Crippen molar-refractivity contribution in [3.8, 4) is 51.4 Å². The van der Waals surface area contributed by atoms with Crippen molar-refractivity contribution in [2.24, 2.45) is 0 Å². The van der Waals surface area contributed by atoms with Crippen molar-refractivity contribution in [2.75, 3.05) is 49.8 Å². The maximum atomic E-state index is 11.2. The number of hydrogen-bond acceptors (Lipinski definition) is 11. The van der Waals surface area contributed by atoms with Crippen LogP contribution in [0.4, 0.5) is 0 Å². The Kier molecular flexibility index (Phi) is 32.9. The highest BCUT2D eigenvalue weighted by Crippen LogP contribution is 2.25. The standard InChI is InChI=1S/C14H14O2.C13H12O2.C10H10O2.C9H10O2.C9H12O.C8H10O2.3CH4/c1-15-13-7-3-11(4-8-13)12-5-9-14(16-2)10-6-12;1-9(14)10-3-4-12-8-13(15-2)6-5-11(12)7-10;1-7(11)9-3-5-10(6-4-9)8(2)12;1-7(10)8-3-5-9(11-2)6-4-8;1-3-8-4-6-9(10-2)7-5-8;1-9-7-4-3-5-8(6-7)10-2;;;/h3-10H,1-2H3;3-8H,1-2H3;3-6H,1-2H3;3-6H,1-2H3;4-7H,3H2,1-2H3;3-6H,1-2H3;3*1H4. The lowest BCUT2D eigenvalue weighted by atomic mass is 10.0. The molecular weight excluding hydrogens is 969 g/mol. The summed E-state index contributed by atoms with van der Waals surface area (Å²) in [4.78, 5) is 43.7. The van der Waals surface area contributed by atoms with Gasteiger partial charge in [-0.25, -0.2) is 0 Å². The molecule has 0 aliphatic rings. The van der Waals surface area contributed by atoms with Gasteiger partial charge in [-0.1, -0.05) is 114 Å². The smallest absolute Gasteiger partial charge is 0.159 e. The first-order valence-electron chi connectivity index (χ1n) is 23.6. The molecule has 0 heterocycles. The average molecular weight is 1050 g/mol. The second-order valence-electron chi connectivity index (χ2n) is 16.0. The maximum absolute atomic E-state index is 11.2. The van der Waals surface area contributed by atoms with Gasteiger partial charge in [0.25, 0.3) is 0 Å². The van der Waals surface area contributed by atoms with E-state index in [9.17, 15) is 19.2 Å². The molecule has 0 saturated carbocycles. The number of ketones is 4. The molecule has 8 aromatic carbocycles. The fourth-order valence-electron chi connectivity index (χ4n) is 6.49. The molecule has 0 radical (unpaired) electrons. The first-order chi connectivity index (χ1) is 35.6. The molecule has 0 saturated heterocycles. The highest BCUT2D eigenvalue weighted by Gasteiger charge is 2.04. The van der Waals surface area contributed by atoms with Crippen molar-refractivity contribution in [3.63, 3.8) is 0 Å². The lowest BCUT2D eigenvalue weighted by Crippen LogP contribution is -1.95. The highest BCUT2D eigenvalue weighted by molar-refractivity contribution is 5.99. The third-order valence-corrected chi connectivity index (χ3v) is 11.0. The van der Waals surface area contributed by atoms with Crippen LogP contribution in [0.1, 0.15) is 104 Å². The third kappa shape index (κ3) is 24.0. The van der Waals surface area contributed by atoms with E-state index in [1.54, 1.807) is 112 Å². The molecule has 0 atom stereocenters. The Hall–Kier alpha value is -8.70. The van der Waals surface area contributed by atoms with Gasteiger partial charge in [-0.3, -0.25) is 19.2 Å². The number of hydrogen-bond donors (Lipinski definition) is 0. The predicted molar refractivity (Wildman–Crippen MR) is 317 cm³/mol. The number of rotatable bonds is 13. The molecule has 8 aromatic rings. The number of fused-ring (bicyclic) bond motifs is 1. The molecule has 0 amide bonds. The van der Waals surface area contributed by atoms with E-state index in [0.717, 1.165) is 63.0 Å². The minimum absolute atomic E-state index is 0. The minimum Gasteiger partial charge on any atom is -0.497 e. The van der Waals surface area contributed by atoms with Crippen LogP contribution in [-0.2, 0) is 6.42 Å². The lowest BCUT2D eigenvalue weighted by Gasteiger charge is -2.05. The van der Waals surface area contributed by atoms with E-state index in [2.05, 4.69) is 19.1 Å². The Labute approximate surface area is 458 Å². The Balaban J connectivity index is 0.000000902. The summed E-state index contributed by atoms with van der Waals surface area (Å²) in [5.41, 5.74) is 6.42. The summed E-state index contributed by atoms with van der Waals surface area (Å²) in [7, 11) is 11.5. The van der Waals surface area contributed by atoms with Crippen molar-refractivity contribution in [1.29, 1.82) is 0 Å². The van der Waals surface area contributed by atoms with Gasteiger partial charge < -0.3 is 33.2 Å². The van der Waals surface area contributed by atoms with E-state index >= 15 is 0 Å². The van der Waals surface area contributed by atoms with Crippen LogP contribution in [-0.4, -0.2) is 72.9 Å². The molecule has 0 aromatic heterocycles. The van der Waals surface area contributed by atoms with Gasteiger partial charge in [-0.15, -0.1) is 0 Å². The summed E-state index contributed by atoms with van der Waals surface area (Å²) < 4.78 is 35.3. The van der Waals surface area contributed by atoms with Gasteiger partial charge in [-0.2, -0.15) is 0 Å². The van der Waals surface area contributed by atoms with Crippen molar-refractivity contribution in [1.82, 2.24) is 0 Å². The van der Waals surface area contributed by atoms with Crippen molar-refractivity contribution >= 4 is 33.9 Å². The normalized spacial score (nSPS) is 9.25. The zero-order valence-corrected chi connectivity index (χ0v) is 44.5. The van der Waals surface area contributed by atoms with Gasteiger partial charge in [0, 0.05) is 28.3 Å². The van der Waals surface area contributed by atoms with Gasteiger partial charge in [-0.05, 0) is 153 Å². The molecule has 77 heavy (non-hydrogen) atoms. The monoisotopic (exact) mass is 1050 g/mol. The summed E-state index contributed by atoms with van der Waals surface area (Å²) in [6.07, 6.45) is 1.09. The molecule has 0 aliphatic carbocycles. The molecule has 0 fully saturated rings. The number of methoxy groups -OCH3 is 7. The van der Waals surface area contributed by atoms with Gasteiger partial charge >= 0.3 is 0 Å². The van der Waals surface area contributed by atoms with E-state index < -0.39 is 0 Å². The SMILES string of the molecule is C.C.C.CC(=O)c1ccc(C(C)=O)cc1.CCc1ccc(OC)cc1.COc1ccc(-c2ccc(OC)cc2)cc1.COc1ccc(C(C)=O)cc1.COc1ccc2cc(C(C)=O)ccc2c1.COc1cccc(OC)c1. The Morgan fingerprint density at radius 2 is 0.558 bits per heavy atom. The fourth-order valence-corrected chi connectivity index (χ4v) is 6.49. The van der Waals surface area contributed by atoms with Crippen molar-refractivity contribution in [2.45, 2.75) is 63.3 Å². The Morgan fingerprint density at radius 3 is 0.883 bits per heavy atom. The minimum atomic E-state index is 0. The van der Waals surface area contributed by atoms with E-state index in [0.29, 0.717) is 16.7 Å². The third-order valence-electron chi connectivity index (χ3n) is 11.0. The molecule has 0 N–H and O–H groups in total. The number of aryl methyl sites for hydroxylation is 1. The molecule has 8 rings (SSSR count). The van der Waals surface area contributed by atoms with E-state index in [-0.39, 0.29) is 45.4 Å². The Morgan fingerprint density at radius 1 is 0.299 bits per heavy atom. The largest absolute Gasteiger partial charge is 0.497 e. The predicted octanol–water partition coefficient (Wildman–Crippen LogP) is 16.3. The lowest BCUT2D eigenvalue weighted by molar-refractivity contribution is 0.100. The van der Waals surface area contributed by atoms with Crippen LogP contribution in [0.2, 0.25) is 0 Å². The molecule has 0 spiro atoms. The molecular formula is C66H80O11. The summed E-state index contributed by atoms with van der Waals surface area (Å²) in [6, 6.07) is 56.8. The topological polar surface area (TPSA) is 133 Å². The summed E-state index contributed by atoms with van der Waals surface area (Å²) in [5.74, 6) is 6.12. The molecule has 11 nitrogen and oxygen atoms in total. The zero-order valence-electron chi connectivity index (χ0n) is 44.5. The number of ether oxygens (including phenoxy) is 7. The van der Waals surface area contributed by atoms with E-state index in [4.69, 9.17) is 33.2 Å². The molecule has 0 aliphatic heterocycles. The van der Waals surface area contributed by atoms with Crippen LogP contribution in [0.15, 0.2) is 182 Å². The quantitative estimate of drug-likeness (QED) is 0.102. The first kappa shape index (κ1) is 68.3. The highest BCUT2D eigenvalue weighted by atomic mass is 16.5. The van der Waals surface area contributed by atoms with Gasteiger partial charge in [0.15, 0.2) is 23.1 Å². The van der Waals surface area contributed by atoms with Crippen LogP contribution >= 0.6 is 0 Å². The first-order valence-corrected chi connectivity index (χ1v) is 23.6. The zero-order chi connectivity index (χ0) is 54.4. The van der Waals surface area contributed by atoms with Crippen LogP contribution in [0, 0.1) is 0 Å². The second kappa shape index (κ2) is 37.1. The average Bonchev–Trinajstić information content (AvgIpc) is 3.45. The van der Waals surface area contributed by atoms with Gasteiger partial charge in [0.2, 0.25) is 0 Å². The maximum Gasteiger partial charge on any atom is 0.159 e. The summed E-state index contributed by atoms with van der Waals surface area (Å²) in [5, 5.41) is 2.14. The number of Topliss-reactive ketones (excluding diaryl/α,β-unsaturated/α-hetero) is 4. The Bertz CT molecular complexity index is 2820. The summed E-state index contributed by atoms with van der Waals surface area (Å²) in [6.45, 7) is 8.26. The van der Waals surface area contributed by atoms with Crippen molar-refractivity contribution in [3.05, 3.63) is 210 Å². The van der Waals surface area contributed by atoms with Gasteiger partial charge in [0.1, 0.15) is 40.2 Å². The van der Waals surface area contributed by atoms with E-state index in [1.165, 1.54) is 30.5 Å². The van der Waals surface area contributed by atoms with Crippen LogP contribution in [0.25, 0.3) is 21.9 Å². The number of benzene rings is 8. The van der Waals surface area contributed by atoms with E-state index in [1.807, 2.05) is 121 Å². The van der Waals surface area contributed by atoms with Gasteiger partial charge in [0.05, 0.1) is 49.8 Å². The van der Waals surface area contributed by atoms with Crippen LogP contribution < -0.4 is 33.2 Å². The molecule has 0 bridgehead atoms. The molecule has 11 heteroatoms. The fraction of sp³-hybridized carbons (Fsp3) is 0.242. The second-order valence-corrected chi connectivity index (χ2v) is 16.0. The van der Waals surface area contributed by atoms with Crippen LogP contribution in [0.5, 0.6) is 40.2 Å². The van der Waals surface area contributed by atoms with Crippen molar-refractivity contribution < 1.29 is 52.3 Å².